The topological polar surface area (TPSA) is 34.5 Å². The third-order valence-electron chi connectivity index (χ3n) is 2.29. The Balaban J connectivity index is 2.19. The molecule has 0 N–H and O–H groups in total. The summed E-state index contributed by atoms with van der Waals surface area (Å²) in [7, 11) is 0. The molecule has 0 bridgehead atoms. The van der Waals surface area contributed by atoms with E-state index in [4.69, 9.17) is 28.0 Å². The molecule has 1 heterocycles. The highest BCUT2D eigenvalue weighted by molar-refractivity contribution is 6.36. The first-order valence-electron chi connectivity index (χ1n) is 5.36. The van der Waals surface area contributed by atoms with Gasteiger partial charge in [0, 0.05) is 16.7 Å². The van der Waals surface area contributed by atoms with Gasteiger partial charge in [0.15, 0.2) is 0 Å². The lowest BCUT2D eigenvalue weighted by molar-refractivity contribution is 0.321. The average molecular weight is 299 g/mol. The fraction of sp³-hybridized carbons (Fsp3) is 0.0769. The van der Waals surface area contributed by atoms with Gasteiger partial charge in [0.2, 0.25) is 5.95 Å². The molecule has 0 spiro atoms. The van der Waals surface area contributed by atoms with Crippen LogP contribution >= 0.6 is 23.2 Å². The number of aromatic nitrogens is 1. The number of hydrogen-bond acceptors (Lipinski definition) is 3. The number of nitrogens with zero attached hydrogens (tertiary/aromatic N) is 2. The second-order valence-electron chi connectivity index (χ2n) is 3.69. The predicted molar refractivity (Wildman–Crippen MR) is 73.5 cm³/mol. The standard InChI is InChI=1S/C13H9Cl2FN2O/c1-8(10-6-5-9(14)7-11(10)15)18-19-13-4-2-3-12(16)17-13/h2-7H,1H3. The monoisotopic (exact) mass is 298 g/mol. The van der Waals surface area contributed by atoms with Crippen LogP contribution in [0.15, 0.2) is 41.6 Å². The number of hydrogen-bond donors (Lipinski definition) is 0. The zero-order valence-electron chi connectivity index (χ0n) is 9.90. The largest absolute Gasteiger partial charge is 0.336 e. The summed E-state index contributed by atoms with van der Waals surface area (Å²) >= 11 is 11.8. The molecule has 0 aliphatic rings. The molecule has 0 atom stereocenters. The molecule has 0 saturated carbocycles. The fourth-order valence-electron chi connectivity index (χ4n) is 1.39. The van der Waals surface area contributed by atoms with Crippen molar-refractivity contribution in [1.29, 1.82) is 0 Å². The maximum Gasteiger partial charge on any atom is 0.251 e. The van der Waals surface area contributed by atoms with Crippen LogP contribution in [0.1, 0.15) is 12.5 Å². The highest BCUT2D eigenvalue weighted by Crippen LogP contribution is 2.21. The second kappa shape index (κ2) is 5.99. The molecule has 0 aliphatic heterocycles. The maximum atomic E-state index is 12.8. The van der Waals surface area contributed by atoms with Crippen LogP contribution < -0.4 is 4.84 Å². The lowest BCUT2D eigenvalue weighted by Gasteiger charge is -2.04. The fourth-order valence-corrected chi connectivity index (χ4v) is 1.93. The van der Waals surface area contributed by atoms with Gasteiger partial charge in [0.1, 0.15) is 0 Å². The molecule has 0 amide bonds. The van der Waals surface area contributed by atoms with Gasteiger partial charge in [-0.3, -0.25) is 0 Å². The van der Waals surface area contributed by atoms with Crippen molar-refractivity contribution in [3.8, 4) is 5.88 Å². The van der Waals surface area contributed by atoms with Crippen LogP contribution in [0.4, 0.5) is 4.39 Å². The highest BCUT2D eigenvalue weighted by Gasteiger charge is 2.05. The number of oxime groups is 1. The summed E-state index contributed by atoms with van der Waals surface area (Å²) in [6.07, 6.45) is 0. The summed E-state index contributed by atoms with van der Waals surface area (Å²) < 4.78 is 12.8. The molecule has 0 fully saturated rings. The van der Waals surface area contributed by atoms with E-state index < -0.39 is 5.95 Å². The lowest BCUT2D eigenvalue weighted by Crippen LogP contribution is -2.00. The lowest BCUT2D eigenvalue weighted by atomic mass is 10.1. The molecule has 0 radical (unpaired) electrons. The van der Waals surface area contributed by atoms with Gasteiger partial charge >= 0.3 is 0 Å². The van der Waals surface area contributed by atoms with Crippen molar-refractivity contribution >= 4 is 28.9 Å². The molecule has 6 heteroatoms. The van der Waals surface area contributed by atoms with E-state index in [1.807, 2.05) is 0 Å². The zero-order valence-corrected chi connectivity index (χ0v) is 11.4. The normalized spacial score (nSPS) is 11.5. The smallest absolute Gasteiger partial charge is 0.251 e. The minimum absolute atomic E-state index is 0.0736. The van der Waals surface area contributed by atoms with E-state index in [0.717, 1.165) is 0 Å². The third-order valence-corrected chi connectivity index (χ3v) is 2.83. The Morgan fingerprint density at radius 3 is 2.74 bits per heavy atom. The first-order valence-corrected chi connectivity index (χ1v) is 6.11. The van der Waals surface area contributed by atoms with E-state index >= 15 is 0 Å². The Labute approximate surface area is 119 Å². The quantitative estimate of drug-likeness (QED) is 0.480. The summed E-state index contributed by atoms with van der Waals surface area (Å²) in [6, 6.07) is 9.24. The minimum Gasteiger partial charge on any atom is -0.336 e. The first kappa shape index (κ1) is 13.8. The van der Waals surface area contributed by atoms with Crippen LogP contribution in [0.25, 0.3) is 0 Å². The zero-order chi connectivity index (χ0) is 13.8. The molecule has 1 aromatic carbocycles. The van der Waals surface area contributed by atoms with Gasteiger partial charge in [-0.25, -0.2) is 0 Å². The Morgan fingerprint density at radius 2 is 2.05 bits per heavy atom. The Bertz CT molecular complexity index is 632. The van der Waals surface area contributed by atoms with Crippen LogP contribution in [0.3, 0.4) is 0 Å². The van der Waals surface area contributed by atoms with Crippen molar-refractivity contribution in [3.05, 3.63) is 58.0 Å². The molecule has 19 heavy (non-hydrogen) atoms. The molecule has 2 rings (SSSR count). The SMILES string of the molecule is CC(=NOc1cccc(F)n1)c1ccc(Cl)cc1Cl. The molecule has 0 aliphatic carbocycles. The molecule has 0 saturated heterocycles. The van der Waals surface area contributed by atoms with Gasteiger partial charge in [-0.2, -0.15) is 9.37 Å². The number of rotatable bonds is 3. The summed E-state index contributed by atoms with van der Waals surface area (Å²) in [6.45, 7) is 1.72. The van der Waals surface area contributed by atoms with E-state index in [2.05, 4.69) is 10.1 Å². The Hall–Kier alpha value is -1.65. The van der Waals surface area contributed by atoms with Gasteiger partial charge < -0.3 is 4.84 Å². The molecule has 0 unspecified atom stereocenters. The highest BCUT2D eigenvalue weighted by atomic mass is 35.5. The van der Waals surface area contributed by atoms with Gasteiger partial charge in [-0.15, -0.1) is 0 Å². The molecular weight excluding hydrogens is 290 g/mol. The summed E-state index contributed by atoms with van der Waals surface area (Å²) in [5.41, 5.74) is 1.22. The maximum absolute atomic E-state index is 12.8. The van der Waals surface area contributed by atoms with Crippen LogP contribution in [0.2, 0.25) is 10.0 Å². The predicted octanol–water partition coefficient (Wildman–Crippen LogP) is 4.33. The number of halogens is 3. The van der Waals surface area contributed by atoms with Crippen LogP contribution in [-0.2, 0) is 0 Å². The number of pyridine rings is 1. The van der Waals surface area contributed by atoms with Crippen molar-refractivity contribution < 1.29 is 9.23 Å². The van der Waals surface area contributed by atoms with Gasteiger partial charge in [-0.1, -0.05) is 40.5 Å². The molecular formula is C13H9Cl2FN2O. The van der Waals surface area contributed by atoms with Crippen molar-refractivity contribution in [2.24, 2.45) is 5.16 Å². The van der Waals surface area contributed by atoms with E-state index in [1.165, 1.54) is 18.2 Å². The van der Waals surface area contributed by atoms with Crippen molar-refractivity contribution in [3.63, 3.8) is 0 Å². The van der Waals surface area contributed by atoms with E-state index in [9.17, 15) is 4.39 Å². The van der Waals surface area contributed by atoms with Crippen molar-refractivity contribution in [2.45, 2.75) is 6.92 Å². The molecule has 2 aromatic rings. The van der Waals surface area contributed by atoms with Crippen LogP contribution in [-0.4, -0.2) is 10.7 Å². The van der Waals surface area contributed by atoms with Crippen LogP contribution in [0.5, 0.6) is 5.88 Å². The number of benzene rings is 1. The van der Waals surface area contributed by atoms with Crippen LogP contribution in [0, 0.1) is 5.95 Å². The van der Waals surface area contributed by atoms with E-state index in [1.54, 1.807) is 25.1 Å². The molecule has 1 aromatic heterocycles. The first-order chi connectivity index (χ1) is 9.06. The van der Waals surface area contributed by atoms with Crippen molar-refractivity contribution in [2.75, 3.05) is 0 Å². The summed E-state index contributed by atoms with van der Waals surface area (Å²) in [4.78, 5) is 8.56. The Morgan fingerprint density at radius 1 is 1.26 bits per heavy atom. The molecule has 98 valence electrons. The second-order valence-corrected chi connectivity index (χ2v) is 4.53. The van der Waals surface area contributed by atoms with Crippen molar-refractivity contribution in [1.82, 2.24) is 4.98 Å². The van der Waals surface area contributed by atoms with Gasteiger partial charge in [0.25, 0.3) is 5.88 Å². The van der Waals surface area contributed by atoms with Gasteiger partial charge in [-0.05, 0) is 25.1 Å². The third kappa shape index (κ3) is 3.66. The minimum atomic E-state index is -0.630. The Kier molecular flexibility index (Phi) is 4.35. The van der Waals surface area contributed by atoms with E-state index in [-0.39, 0.29) is 5.88 Å². The summed E-state index contributed by atoms with van der Waals surface area (Å²) in [5, 5.41) is 4.86. The summed E-state index contributed by atoms with van der Waals surface area (Å²) in [5.74, 6) is -0.556. The molecule has 3 nitrogen and oxygen atoms in total. The van der Waals surface area contributed by atoms with Gasteiger partial charge in [0.05, 0.1) is 10.7 Å². The van der Waals surface area contributed by atoms with E-state index in [0.29, 0.717) is 21.3 Å². The average Bonchev–Trinajstić information content (AvgIpc) is 2.36.